The van der Waals surface area contributed by atoms with Crippen molar-refractivity contribution in [1.82, 2.24) is 4.90 Å². The summed E-state index contributed by atoms with van der Waals surface area (Å²) in [6.07, 6.45) is 4.08. The van der Waals surface area contributed by atoms with Gasteiger partial charge in [0.1, 0.15) is 5.54 Å². The Morgan fingerprint density at radius 3 is 1.91 bits per heavy atom. The first kappa shape index (κ1) is 27.6. The van der Waals surface area contributed by atoms with E-state index in [1.807, 2.05) is 46.8 Å². The van der Waals surface area contributed by atoms with E-state index in [0.717, 1.165) is 29.5 Å². The van der Waals surface area contributed by atoms with Gasteiger partial charge in [-0.1, -0.05) is 32.4 Å². The fourth-order valence-corrected chi connectivity index (χ4v) is 5.14. The van der Waals surface area contributed by atoms with Gasteiger partial charge in [0.15, 0.2) is 5.79 Å². The number of carboxylic acid groups (broad SMARTS) is 1. The molecule has 1 aliphatic carbocycles. The summed E-state index contributed by atoms with van der Waals surface area (Å²) in [6, 6.07) is 3.69. The van der Waals surface area contributed by atoms with Gasteiger partial charge in [0, 0.05) is 37.6 Å². The maximum atomic E-state index is 13.6. The van der Waals surface area contributed by atoms with Gasteiger partial charge in [-0.15, -0.1) is 0 Å². The van der Waals surface area contributed by atoms with E-state index in [9.17, 15) is 14.7 Å². The molecule has 1 fully saturated rings. The highest BCUT2D eigenvalue weighted by atomic mass is 35.5. The largest absolute Gasteiger partial charge is 0.479 e. The summed E-state index contributed by atoms with van der Waals surface area (Å²) in [4.78, 5) is 27.9. The normalized spacial score (nSPS) is 17.0. The molecule has 1 amide bonds. The zero-order valence-electron chi connectivity index (χ0n) is 20.8. The maximum Gasteiger partial charge on any atom is 0.329 e. The molecule has 1 N–H and O–H groups in total. The second-order valence-electron chi connectivity index (χ2n) is 9.18. The second kappa shape index (κ2) is 12.2. The predicted octanol–water partition coefficient (Wildman–Crippen LogP) is 5.68. The highest BCUT2D eigenvalue weighted by Crippen LogP contribution is 2.42. The SMILES string of the molecule is CCCOC1(OCCC)CCC(C(=O)O)(N(CCC)C(=O)Cc2c(C)cc(Cl)cc2C)CC1. The lowest BCUT2D eigenvalue weighted by atomic mass is 9.76. The highest BCUT2D eigenvalue weighted by Gasteiger charge is 2.53. The van der Waals surface area contributed by atoms with Crippen molar-refractivity contribution in [2.75, 3.05) is 19.8 Å². The summed E-state index contributed by atoms with van der Waals surface area (Å²) in [7, 11) is 0. The van der Waals surface area contributed by atoms with Gasteiger partial charge in [0.05, 0.1) is 6.42 Å². The molecule has 2 rings (SSSR count). The van der Waals surface area contributed by atoms with E-state index in [4.69, 9.17) is 21.1 Å². The third-order valence-corrected chi connectivity index (χ3v) is 6.85. The van der Waals surface area contributed by atoms with Gasteiger partial charge in [0.25, 0.3) is 0 Å². The number of carbonyl (C=O) groups is 2. The lowest BCUT2D eigenvalue weighted by molar-refractivity contribution is -0.262. The van der Waals surface area contributed by atoms with Crippen LogP contribution in [0.5, 0.6) is 0 Å². The molecule has 6 nitrogen and oxygen atoms in total. The van der Waals surface area contributed by atoms with E-state index in [0.29, 0.717) is 56.9 Å². The van der Waals surface area contributed by atoms with Crippen molar-refractivity contribution >= 4 is 23.5 Å². The second-order valence-corrected chi connectivity index (χ2v) is 9.62. The van der Waals surface area contributed by atoms with E-state index >= 15 is 0 Å². The van der Waals surface area contributed by atoms with Crippen LogP contribution in [0.3, 0.4) is 0 Å². The number of hydrogen-bond donors (Lipinski definition) is 1. The van der Waals surface area contributed by atoms with Crippen LogP contribution in [0.15, 0.2) is 12.1 Å². The van der Waals surface area contributed by atoms with Crippen molar-refractivity contribution in [3.63, 3.8) is 0 Å². The monoisotopic (exact) mass is 481 g/mol. The maximum absolute atomic E-state index is 13.6. The topological polar surface area (TPSA) is 76.1 Å². The highest BCUT2D eigenvalue weighted by molar-refractivity contribution is 6.30. The van der Waals surface area contributed by atoms with Gasteiger partial charge in [-0.3, -0.25) is 4.79 Å². The Morgan fingerprint density at radius 1 is 0.970 bits per heavy atom. The number of amides is 1. The number of benzene rings is 1. The predicted molar refractivity (Wildman–Crippen MR) is 131 cm³/mol. The van der Waals surface area contributed by atoms with E-state index in [1.54, 1.807) is 4.90 Å². The van der Waals surface area contributed by atoms with E-state index in [1.165, 1.54) is 0 Å². The number of ether oxygens (including phenoxy) is 2. The molecule has 1 aliphatic rings. The minimum atomic E-state index is -1.25. The third-order valence-electron chi connectivity index (χ3n) is 6.63. The molecule has 1 aromatic rings. The van der Waals surface area contributed by atoms with E-state index in [-0.39, 0.29) is 12.3 Å². The van der Waals surface area contributed by atoms with Crippen molar-refractivity contribution < 1.29 is 24.2 Å². The van der Waals surface area contributed by atoms with Crippen LogP contribution in [-0.4, -0.2) is 53.0 Å². The van der Waals surface area contributed by atoms with Gasteiger partial charge in [-0.2, -0.15) is 0 Å². The smallest absolute Gasteiger partial charge is 0.329 e. The Morgan fingerprint density at radius 2 is 1.48 bits per heavy atom. The summed E-state index contributed by atoms with van der Waals surface area (Å²) < 4.78 is 12.2. The molecule has 0 heterocycles. The Hall–Kier alpha value is -1.63. The van der Waals surface area contributed by atoms with Gasteiger partial charge in [0.2, 0.25) is 5.91 Å². The lowest BCUT2D eigenvalue weighted by Crippen LogP contribution is -2.61. The number of carbonyl (C=O) groups excluding carboxylic acids is 1. The van der Waals surface area contributed by atoms with Crippen LogP contribution in [0.2, 0.25) is 5.02 Å². The summed E-state index contributed by atoms with van der Waals surface area (Å²) in [5, 5.41) is 11.0. The van der Waals surface area contributed by atoms with E-state index in [2.05, 4.69) is 0 Å². The first-order chi connectivity index (χ1) is 15.6. The number of hydrogen-bond acceptors (Lipinski definition) is 4. The van der Waals surface area contributed by atoms with Crippen molar-refractivity contribution in [3.05, 3.63) is 33.8 Å². The van der Waals surface area contributed by atoms with Crippen LogP contribution in [0.25, 0.3) is 0 Å². The Kier molecular flexibility index (Phi) is 10.2. The van der Waals surface area contributed by atoms with Crippen LogP contribution < -0.4 is 0 Å². The standard InChI is InChI=1S/C26H40ClNO5/c1-6-13-28(23(29)18-22-19(4)16-21(27)17-20(22)5)25(24(30)31)9-11-26(12-10-25,32-14-7-2)33-15-8-3/h16-17H,6-15,18H2,1-5H3,(H,30,31). The number of rotatable bonds is 12. The zero-order valence-corrected chi connectivity index (χ0v) is 21.6. The molecule has 7 heteroatoms. The molecular formula is C26H40ClNO5. The van der Waals surface area contributed by atoms with E-state index < -0.39 is 17.3 Å². The quantitative estimate of drug-likeness (QED) is 0.388. The number of carboxylic acids is 1. The van der Waals surface area contributed by atoms with Crippen LogP contribution >= 0.6 is 11.6 Å². The first-order valence-corrected chi connectivity index (χ1v) is 12.6. The summed E-state index contributed by atoms with van der Waals surface area (Å²) >= 11 is 6.16. The molecule has 0 atom stereocenters. The number of nitrogens with zero attached hydrogens (tertiary/aromatic N) is 1. The summed E-state index contributed by atoms with van der Waals surface area (Å²) in [6.45, 7) is 11.5. The van der Waals surface area contributed by atoms with Gasteiger partial charge in [-0.25, -0.2) is 4.79 Å². The number of aryl methyl sites for hydroxylation is 2. The minimum Gasteiger partial charge on any atom is -0.479 e. The third kappa shape index (κ3) is 6.49. The Bertz CT molecular complexity index is 784. The molecule has 0 radical (unpaired) electrons. The molecule has 186 valence electrons. The molecular weight excluding hydrogens is 442 g/mol. The van der Waals surface area contributed by atoms with Crippen molar-refractivity contribution in [3.8, 4) is 0 Å². The fourth-order valence-electron chi connectivity index (χ4n) is 4.82. The molecule has 0 saturated heterocycles. The molecule has 1 saturated carbocycles. The zero-order chi connectivity index (χ0) is 24.6. The van der Waals surface area contributed by atoms with Gasteiger partial charge >= 0.3 is 5.97 Å². The molecule has 0 bridgehead atoms. The molecule has 33 heavy (non-hydrogen) atoms. The Balaban J connectivity index is 2.32. The van der Waals surface area contributed by atoms with Crippen LogP contribution in [0.4, 0.5) is 0 Å². The molecule has 0 spiro atoms. The van der Waals surface area contributed by atoms with Gasteiger partial charge < -0.3 is 19.5 Å². The lowest BCUT2D eigenvalue weighted by Gasteiger charge is -2.48. The van der Waals surface area contributed by atoms with Crippen molar-refractivity contribution in [2.45, 2.75) is 97.3 Å². The summed E-state index contributed by atoms with van der Waals surface area (Å²) in [5.74, 6) is -1.88. The van der Waals surface area contributed by atoms with Crippen LogP contribution in [0.1, 0.15) is 82.4 Å². The minimum absolute atomic E-state index is 0.160. The van der Waals surface area contributed by atoms with Crippen molar-refractivity contribution in [2.24, 2.45) is 0 Å². The number of halogens is 1. The molecule has 0 aliphatic heterocycles. The van der Waals surface area contributed by atoms with Crippen LogP contribution in [0, 0.1) is 13.8 Å². The fraction of sp³-hybridized carbons (Fsp3) is 0.692. The molecule has 0 unspecified atom stereocenters. The molecule has 1 aromatic carbocycles. The first-order valence-electron chi connectivity index (χ1n) is 12.2. The number of aliphatic carboxylic acids is 1. The van der Waals surface area contributed by atoms with Crippen molar-refractivity contribution in [1.29, 1.82) is 0 Å². The van der Waals surface area contributed by atoms with Crippen LogP contribution in [-0.2, 0) is 25.5 Å². The summed E-state index contributed by atoms with van der Waals surface area (Å²) in [5.41, 5.74) is 1.54. The average molecular weight is 482 g/mol. The average Bonchev–Trinajstić information content (AvgIpc) is 2.77. The van der Waals surface area contributed by atoms with Gasteiger partial charge in [-0.05, 0) is 74.8 Å². The molecule has 0 aromatic heterocycles. The Labute approximate surface area is 203 Å².